The highest BCUT2D eigenvalue weighted by atomic mass is 19.1. The van der Waals surface area contributed by atoms with Crippen LogP contribution >= 0.6 is 0 Å². The Bertz CT molecular complexity index is 965. The number of amides is 1. The number of likely N-dealkylation sites (N-methyl/N-ethyl adjacent to an activating group) is 1. The Hall–Kier alpha value is -2.99. The summed E-state index contributed by atoms with van der Waals surface area (Å²) in [6.07, 6.45) is 0. The van der Waals surface area contributed by atoms with Crippen molar-refractivity contribution in [3.05, 3.63) is 76.6 Å². The first-order valence-electron chi connectivity index (χ1n) is 10.2. The molecular formula is C24H27FN2O3. The zero-order valence-corrected chi connectivity index (χ0v) is 17.6. The van der Waals surface area contributed by atoms with E-state index >= 15 is 0 Å². The second kappa shape index (κ2) is 9.22. The third-order valence-electron chi connectivity index (χ3n) is 5.62. The normalized spacial score (nSPS) is 18.4. The molecule has 158 valence electrons. The van der Waals surface area contributed by atoms with Gasteiger partial charge in [-0.05, 0) is 26.1 Å². The van der Waals surface area contributed by atoms with E-state index in [4.69, 9.17) is 0 Å². The number of halogens is 1. The lowest BCUT2D eigenvalue weighted by molar-refractivity contribution is -0.140. The minimum atomic E-state index is -0.969. The van der Waals surface area contributed by atoms with Gasteiger partial charge in [-0.3, -0.25) is 9.59 Å². The largest absolute Gasteiger partial charge is 0.507 e. The summed E-state index contributed by atoms with van der Waals surface area (Å²) < 4.78 is 14.7. The molecule has 2 aromatic rings. The highest BCUT2D eigenvalue weighted by Gasteiger charge is 2.46. The fraction of sp³-hybridized carbons (Fsp3) is 0.333. The van der Waals surface area contributed by atoms with Crippen molar-refractivity contribution in [2.45, 2.75) is 26.8 Å². The maximum atomic E-state index is 14.7. The first-order chi connectivity index (χ1) is 14.4. The SMILES string of the molecule is CCN(CC)CCN1C(=O)C(=O)/C(=C(/O)c2ccc(C)cc2)[C@H]1c1ccccc1F. The number of aliphatic hydroxyl groups excluding tert-OH is 1. The van der Waals surface area contributed by atoms with Gasteiger partial charge in [0.15, 0.2) is 0 Å². The van der Waals surface area contributed by atoms with E-state index in [1.165, 1.54) is 11.0 Å². The molecule has 30 heavy (non-hydrogen) atoms. The van der Waals surface area contributed by atoms with Crippen molar-refractivity contribution in [2.75, 3.05) is 26.2 Å². The standard InChI is InChI=1S/C24H27FN2O3/c1-4-26(5-2)14-15-27-21(18-8-6-7-9-19(18)25)20(23(29)24(27)30)22(28)17-12-10-16(3)11-13-17/h6-13,21,28H,4-5,14-15H2,1-3H3/b22-20+/t21-/m1/s1. The van der Waals surface area contributed by atoms with Crippen LogP contribution in [0.3, 0.4) is 0 Å². The summed E-state index contributed by atoms with van der Waals surface area (Å²) in [6, 6.07) is 12.1. The Morgan fingerprint density at radius 2 is 1.70 bits per heavy atom. The molecule has 0 aromatic heterocycles. The van der Waals surface area contributed by atoms with Crippen LogP contribution in [-0.2, 0) is 9.59 Å². The lowest BCUT2D eigenvalue weighted by Crippen LogP contribution is -2.38. The number of hydrogen-bond donors (Lipinski definition) is 1. The summed E-state index contributed by atoms with van der Waals surface area (Å²) in [5.41, 5.74) is 1.54. The quantitative estimate of drug-likeness (QED) is 0.427. The molecule has 1 aliphatic heterocycles. The van der Waals surface area contributed by atoms with E-state index in [1.54, 1.807) is 30.3 Å². The minimum Gasteiger partial charge on any atom is -0.507 e. The van der Waals surface area contributed by atoms with Crippen molar-refractivity contribution in [1.82, 2.24) is 9.80 Å². The Labute approximate surface area is 176 Å². The number of aliphatic hydroxyl groups is 1. The van der Waals surface area contributed by atoms with E-state index in [-0.39, 0.29) is 23.4 Å². The molecule has 1 fully saturated rings. The molecule has 0 unspecified atom stereocenters. The van der Waals surface area contributed by atoms with Gasteiger partial charge in [-0.1, -0.05) is 61.9 Å². The van der Waals surface area contributed by atoms with Gasteiger partial charge in [0.25, 0.3) is 11.7 Å². The van der Waals surface area contributed by atoms with E-state index in [0.29, 0.717) is 12.1 Å². The molecule has 1 saturated heterocycles. The van der Waals surface area contributed by atoms with Gasteiger partial charge in [0.1, 0.15) is 11.6 Å². The zero-order chi connectivity index (χ0) is 21.8. The Kier molecular flexibility index (Phi) is 6.67. The zero-order valence-electron chi connectivity index (χ0n) is 17.6. The molecule has 2 aromatic carbocycles. The van der Waals surface area contributed by atoms with Crippen molar-refractivity contribution in [2.24, 2.45) is 0 Å². The van der Waals surface area contributed by atoms with E-state index in [9.17, 15) is 19.1 Å². The fourth-order valence-electron chi connectivity index (χ4n) is 3.79. The second-order valence-electron chi connectivity index (χ2n) is 7.41. The molecule has 1 aliphatic rings. The number of aryl methyl sites for hydroxylation is 1. The lowest BCUT2D eigenvalue weighted by Gasteiger charge is -2.28. The summed E-state index contributed by atoms with van der Waals surface area (Å²) in [6.45, 7) is 8.36. The number of carbonyl (C=O) groups is 2. The van der Waals surface area contributed by atoms with Gasteiger partial charge in [-0.25, -0.2) is 4.39 Å². The number of ketones is 1. The number of carbonyl (C=O) groups excluding carboxylic acids is 2. The van der Waals surface area contributed by atoms with Crippen molar-refractivity contribution >= 4 is 17.4 Å². The number of rotatable bonds is 7. The summed E-state index contributed by atoms with van der Waals surface area (Å²) in [5, 5.41) is 11.0. The van der Waals surface area contributed by atoms with E-state index < -0.39 is 23.5 Å². The predicted octanol–water partition coefficient (Wildman–Crippen LogP) is 3.90. The first kappa shape index (κ1) is 21.7. The number of likely N-dealkylation sites (tertiary alicyclic amines) is 1. The molecule has 1 amide bonds. The third-order valence-corrected chi connectivity index (χ3v) is 5.62. The van der Waals surface area contributed by atoms with Gasteiger partial charge in [0.2, 0.25) is 0 Å². The molecule has 3 rings (SSSR count). The maximum absolute atomic E-state index is 14.7. The summed E-state index contributed by atoms with van der Waals surface area (Å²) in [7, 11) is 0. The van der Waals surface area contributed by atoms with Crippen molar-refractivity contribution in [3.8, 4) is 0 Å². The van der Waals surface area contributed by atoms with E-state index in [1.807, 2.05) is 32.9 Å². The molecule has 5 nitrogen and oxygen atoms in total. The van der Waals surface area contributed by atoms with Gasteiger partial charge in [0.05, 0.1) is 11.6 Å². The van der Waals surface area contributed by atoms with Gasteiger partial charge >= 0.3 is 0 Å². The molecule has 1 N–H and O–H groups in total. The van der Waals surface area contributed by atoms with Gasteiger partial charge in [-0.2, -0.15) is 0 Å². The summed E-state index contributed by atoms with van der Waals surface area (Å²) in [5.74, 6) is -2.32. The van der Waals surface area contributed by atoms with Crippen LogP contribution in [0.15, 0.2) is 54.1 Å². The van der Waals surface area contributed by atoms with Crippen LogP contribution in [-0.4, -0.2) is 52.8 Å². The first-order valence-corrected chi connectivity index (χ1v) is 10.2. The topological polar surface area (TPSA) is 60.9 Å². The third kappa shape index (κ3) is 4.14. The van der Waals surface area contributed by atoms with Crippen LogP contribution in [0, 0.1) is 12.7 Å². The van der Waals surface area contributed by atoms with Crippen molar-refractivity contribution in [3.63, 3.8) is 0 Å². The smallest absolute Gasteiger partial charge is 0.295 e. The maximum Gasteiger partial charge on any atom is 0.295 e. The van der Waals surface area contributed by atoms with Crippen LogP contribution in [0.25, 0.3) is 5.76 Å². The van der Waals surface area contributed by atoms with Crippen LogP contribution in [0.2, 0.25) is 0 Å². The highest BCUT2D eigenvalue weighted by molar-refractivity contribution is 6.46. The average molecular weight is 410 g/mol. The van der Waals surface area contributed by atoms with Gasteiger partial charge in [-0.15, -0.1) is 0 Å². The minimum absolute atomic E-state index is 0.0755. The molecule has 0 bridgehead atoms. The molecule has 1 atom stereocenters. The molecular weight excluding hydrogens is 383 g/mol. The highest BCUT2D eigenvalue weighted by Crippen LogP contribution is 2.40. The van der Waals surface area contributed by atoms with Gasteiger partial charge in [0, 0.05) is 24.2 Å². The second-order valence-corrected chi connectivity index (χ2v) is 7.41. The molecule has 0 saturated carbocycles. The average Bonchev–Trinajstić information content (AvgIpc) is 2.99. The Balaban J connectivity index is 2.11. The van der Waals surface area contributed by atoms with E-state index in [2.05, 4.69) is 4.90 Å². The summed E-state index contributed by atoms with van der Waals surface area (Å²) in [4.78, 5) is 29.3. The Morgan fingerprint density at radius 3 is 2.30 bits per heavy atom. The van der Waals surface area contributed by atoms with Crippen LogP contribution in [0.1, 0.15) is 36.6 Å². The molecule has 0 spiro atoms. The number of benzene rings is 2. The molecule has 0 aliphatic carbocycles. The number of nitrogens with zero attached hydrogens (tertiary/aromatic N) is 2. The van der Waals surface area contributed by atoms with E-state index in [0.717, 1.165) is 18.7 Å². The predicted molar refractivity (Wildman–Crippen MR) is 114 cm³/mol. The van der Waals surface area contributed by atoms with Crippen LogP contribution < -0.4 is 0 Å². The lowest BCUT2D eigenvalue weighted by atomic mass is 9.94. The molecule has 6 heteroatoms. The van der Waals surface area contributed by atoms with Crippen molar-refractivity contribution < 1.29 is 19.1 Å². The molecule has 0 radical (unpaired) electrons. The fourth-order valence-corrected chi connectivity index (χ4v) is 3.79. The van der Waals surface area contributed by atoms with Gasteiger partial charge < -0.3 is 14.9 Å². The molecule has 1 heterocycles. The number of Topliss-reactive ketones (excluding diaryl/α,β-unsaturated/α-hetero) is 1. The van der Waals surface area contributed by atoms with Crippen LogP contribution in [0.4, 0.5) is 4.39 Å². The van der Waals surface area contributed by atoms with Crippen molar-refractivity contribution in [1.29, 1.82) is 0 Å². The number of hydrogen-bond acceptors (Lipinski definition) is 4. The van der Waals surface area contributed by atoms with Crippen LogP contribution in [0.5, 0.6) is 0 Å². The monoisotopic (exact) mass is 410 g/mol. The Morgan fingerprint density at radius 1 is 1.07 bits per heavy atom. The summed E-state index contributed by atoms with van der Waals surface area (Å²) >= 11 is 0.